The molecule has 1 aromatic rings. The molecule has 2 saturated heterocycles. The molecule has 2 fully saturated rings. The van der Waals surface area contributed by atoms with E-state index in [1.807, 2.05) is 19.9 Å². The molecule has 2 aliphatic heterocycles. The van der Waals surface area contributed by atoms with E-state index in [1.165, 1.54) is 6.07 Å². The lowest BCUT2D eigenvalue weighted by Gasteiger charge is -2.43. The fourth-order valence-electron chi connectivity index (χ4n) is 3.87. The highest BCUT2D eigenvalue weighted by molar-refractivity contribution is 7.91. The normalized spacial score (nSPS) is 25.0. The summed E-state index contributed by atoms with van der Waals surface area (Å²) < 4.78 is 38.4. The van der Waals surface area contributed by atoms with Crippen LogP contribution in [0.4, 0.5) is 4.39 Å². The minimum Gasteiger partial charge on any atom is -0.332 e. The highest BCUT2D eigenvalue weighted by Crippen LogP contribution is 2.29. The van der Waals surface area contributed by atoms with Gasteiger partial charge in [0.15, 0.2) is 9.84 Å². The number of fused-ring (bicyclic) bond motifs is 1. The first-order chi connectivity index (χ1) is 12.2. The van der Waals surface area contributed by atoms with Gasteiger partial charge in [0.2, 0.25) is 5.91 Å². The number of sulfone groups is 1. The number of carbonyl (C=O) groups is 1. The molecule has 26 heavy (non-hydrogen) atoms. The summed E-state index contributed by atoms with van der Waals surface area (Å²) in [6.07, 6.45) is 1.56. The average Bonchev–Trinajstić information content (AvgIpc) is 2.86. The Balaban J connectivity index is 1.86. The zero-order valence-electron chi connectivity index (χ0n) is 15.4. The zero-order valence-corrected chi connectivity index (χ0v) is 16.2. The number of hydrogen-bond acceptors (Lipinski definition) is 4. The van der Waals surface area contributed by atoms with E-state index >= 15 is 0 Å². The van der Waals surface area contributed by atoms with Gasteiger partial charge in [0, 0.05) is 31.8 Å². The predicted molar refractivity (Wildman–Crippen MR) is 98.9 cm³/mol. The molecule has 2 heterocycles. The van der Waals surface area contributed by atoms with Crippen molar-refractivity contribution in [1.29, 1.82) is 0 Å². The van der Waals surface area contributed by atoms with E-state index in [-0.39, 0.29) is 35.3 Å². The monoisotopic (exact) mass is 380 g/mol. The molecule has 0 aromatic heterocycles. The lowest BCUT2D eigenvalue weighted by Crippen LogP contribution is -2.60. The van der Waals surface area contributed by atoms with Gasteiger partial charge in [-0.1, -0.05) is 17.7 Å². The standard InChI is InChI=1S/C19H25FN2O3S/c1-13(2)9-19(23)22-8-7-21(17-11-26(24,25)12-18(17)22)10-15-5-4-6-16(20)14(15)3/h4-6,9,17-18H,7-8,10-12H2,1-3H3/t17-,18+/m1/s1. The quantitative estimate of drug-likeness (QED) is 0.752. The lowest BCUT2D eigenvalue weighted by atomic mass is 10.0. The van der Waals surface area contributed by atoms with Crippen molar-refractivity contribution in [3.8, 4) is 0 Å². The molecule has 2 aliphatic rings. The SMILES string of the molecule is CC(C)=CC(=O)N1CCN(Cc2cccc(F)c2C)[C@@H]2CS(=O)(=O)C[C@@H]21. The summed E-state index contributed by atoms with van der Waals surface area (Å²) in [7, 11) is -3.20. The van der Waals surface area contributed by atoms with Gasteiger partial charge in [0.1, 0.15) is 5.82 Å². The first-order valence-corrected chi connectivity index (χ1v) is 10.6. The fraction of sp³-hybridized carbons (Fsp3) is 0.526. The van der Waals surface area contributed by atoms with Crippen molar-refractivity contribution in [3.05, 3.63) is 46.8 Å². The highest BCUT2D eigenvalue weighted by Gasteiger charge is 2.47. The molecule has 0 N–H and O–H groups in total. The summed E-state index contributed by atoms with van der Waals surface area (Å²) in [5.41, 5.74) is 2.34. The van der Waals surface area contributed by atoms with E-state index in [0.29, 0.717) is 25.2 Å². The smallest absolute Gasteiger partial charge is 0.246 e. The number of piperazine rings is 1. The van der Waals surface area contributed by atoms with E-state index in [0.717, 1.165) is 11.1 Å². The number of carbonyl (C=O) groups excluding carboxylic acids is 1. The Morgan fingerprint density at radius 3 is 2.62 bits per heavy atom. The van der Waals surface area contributed by atoms with E-state index in [1.54, 1.807) is 24.0 Å². The molecular weight excluding hydrogens is 355 g/mol. The van der Waals surface area contributed by atoms with E-state index in [9.17, 15) is 17.6 Å². The number of benzene rings is 1. The van der Waals surface area contributed by atoms with Crippen molar-refractivity contribution in [2.75, 3.05) is 24.6 Å². The van der Waals surface area contributed by atoms with Gasteiger partial charge in [-0.3, -0.25) is 9.69 Å². The number of hydrogen-bond donors (Lipinski definition) is 0. The van der Waals surface area contributed by atoms with Crippen LogP contribution < -0.4 is 0 Å². The highest BCUT2D eigenvalue weighted by atomic mass is 32.2. The van der Waals surface area contributed by atoms with Crippen LogP contribution >= 0.6 is 0 Å². The van der Waals surface area contributed by atoms with Crippen LogP contribution in [-0.2, 0) is 21.2 Å². The van der Waals surface area contributed by atoms with Crippen LogP contribution in [0.1, 0.15) is 25.0 Å². The Kier molecular flexibility index (Phi) is 5.21. The van der Waals surface area contributed by atoms with E-state index in [2.05, 4.69) is 4.90 Å². The molecule has 0 bridgehead atoms. The summed E-state index contributed by atoms with van der Waals surface area (Å²) in [5.74, 6) is -0.336. The number of rotatable bonds is 3. The van der Waals surface area contributed by atoms with Crippen LogP contribution in [0.3, 0.4) is 0 Å². The summed E-state index contributed by atoms with van der Waals surface area (Å²) >= 11 is 0. The molecule has 142 valence electrons. The minimum atomic E-state index is -3.20. The Hall–Kier alpha value is -1.73. The van der Waals surface area contributed by atoms with Gasteiger partial charge in [0.05, 0.1) is 17.5 Å². The van der Waals surface area contributed by atoms with Crippen LogP contribution in [0.15, 0.2) is 29.8 Å². The van der Waals surface area contributed by atoms with Gasteiger partial charge in [-0.2, -0.15) is 0 Å². The molecule has 0 aliphatic carbocycles. The predicted octanol–water partition coefficient (Wildman–Crippen LogP) is 1.91. The van der Waals surface area contributed by atoms with Crippen molar-refractivity contribution >= 4 is 15.7 Å². The van der Waals surface area contributed by atoms with Gasteiger partial charge in [0.25, 0.3) is 0 Å². The van der Waals surface area contributed by atoms with Crippen molar-refractivity contribution in [1.82, 2.24) is 9.80 Å². The minimum absolute atomic E-state index is 0.00135. The Labute approximate surface area is 154 Å². The van der Waals surface area contributed by atoms with Crippen molar-refractivity contribution in [3.63, 3.8) is 0 Å². The average molecular weight is 380 g/mol. The second-order valence-corrected chi connectivity index (χ2v) is 9.61. The second kappa shape index (κ2) is 7.12. The van der Waals surface area contributed by atoms with E-state index < -0.39 is 9.84 Å². The third-order valence-corrected chi connectivity index (χ3v) is 6.94. The van der Waals surface area contributed by atoms with E-state index in [4.69, 9.17) is 0 Å². The van der Waals surface area contributed by atoms with Gasteiger partial charge in [-0.05, 0) is 38.0 Å². The number of allylic oxidation sites excluding steroid dienone is 1. The van der Waals surface area contributed by atoms with Crippen LogP contribution in [-0.4, -0.2) is 60.8 Å². The van der Waals surface area contributed by atoms with Gasteiger partial charge < -0.3 is 4.90 Å². The van der Waals surface area contributed by atoms with Gasteiger partial charge >= 0.3 is 0 Å². The Morgan fingerprint density at radius 2 is 1.92 bits per heavy atom. The second-order valence-electron chi connectivity index (χ2n) is 7.46. The maximum Gasteiger partial charge on any atom is 0.246 e. The molecule has 7 heteroatoms. The third kappa shape index (κ3) is 3.83. The summed E-state index contributed by atoms with van der Waals surface area (Å²) in [4.78, 5) is 16.3. The largest absolute Gasteiger partial charge is 0.332 e. The third-order valence-electron chi connectivity index (χ3n) is 5.24. The lowest BCUT2D eigenvalue weighted by molar-refractivity contribution is -0.131. The van der Waals surface area contributed by atoms with Gasteiger partial charge in [-0.25, -0.2) is 12.8 Å². The van der Waals surface area contributed by atoms with Crippen molar-refractivity contribution in [2.24, 2.45) is 0 Å². The molecule has 0 unspecified atom stereocenters. The number of halogens is 1. The fourth-order valence-corrected chi connectivity index (χ4v) is 5.88. The summed E-state index contributed by atoms with van der Waals surface area (Å²) in [5, 5.41) is 0. The zero-order chi connectivity index (χ0) is 19.1. The Morgan fingerprint density at radius 1 is 1.23 bits per heavy atom. The molecule has 1 aromatic carbocycles. The summed E-state index contributed by atoms with van der Waals surface area (Å²) in [6.45, 7) is 6.99. The maximum atomic E-state index is 13.8. The molecule has 5 nitrogen and oxygen atoms in total. The van der Waals surface area contributed by atoms with Gasteiger partial charge in [-0.15, -0.1) is 0 Å². The molecule has 1 amide bonds. The Bertz CT molecular complexity index is 846. The topological polar surface area (TPSA) is 57.7 Å². The maximum absolute atomic E-state index is 13.8. The molecule has 0 radical (unpaired) electrons. The van der Waals surface area contributed by atoms with Crippen molar-refractivity contribution < 1.29 is 17.6 Å². The molecular formula is C19H25FN2O3S. The number of nitrogens with zero attached hydrogens (tertiary/aromatic N) is 2. The van der Waals surface area contributed by atoms with Crippen LogP contribution in [0.5, 0.6) is 0 Å². The molecule has 2 atom stereocenters. The van der Waals surface area contributed by atoms with Crippen LogP contribution in [0, 0.1) is 12.7 Å². The first-order valence-electron chi connectivity index (χ1n) is 8.82. The molecule has 0 spiro atoms. The molecule has 3 rings (SSSR count). The summed E-state index contributed by atoms with van der Waals surface area (Å²) in [6, 6.07) is 4.39. The van der Waals surface area contributed by atoms with Crippen molar-refractivity contribution in [2.45, 2.75) is 39.4 Å². The molecule has 0 saturated carbocycles. The van der Waals surface area contributed by atoms with Crippen LogP contribution in [0.25, 0.3) is 0 Å². The first kappa shape index (κ1) is 19.0. The number of amides is 1. The van der Waals surface area contributed by atoms with Crippen LogP contribution in [0.2, 0.25) is 0 Å².